The van der Waals surface area contributed by atoms with E-state index in [0.29, 0.717) is 43.9 Å². The number of ether oxygens (including phenoxy) is 1. The molecule has 1 aromatic carbocycles. The summed E-state index contributed by atoms with van der Waals surface area (Å²) in [6.45, 7) is 4.16. The van der Waals surface area contributed by atoms with Crippen LogP contribution in [0, 0.1) is 0 Å². The van der Waals surface area contributed by atoms with Crippen LogP contribution in [0.5, 0.6) is 0 Å². The third kappa shape index (κ3) is 4.71. The number of hydrogen-bond acceptors (Lipinski definition) is 5. The van der Waals surface area contributed by atoms with Gasteiger partial charge in [0.2, 0.25) is 0 Å². The fraction of sp³-hybridized carbons (Fsp3) is 0.348. The van der Waals surface area contributed by atoms with E-state index in [1.54, 1.807) is 19.5 Å². The first-order chi connectivity index (χ1) is 14.2. The molecule has 0 atom stereocenters. The molecule has 2 aromatic rings. The normalized spacial score (nSPS) is 14.1. The number of likely N-dealkylation sites (N-methyl/N-ethyl adjacent to an activating group) is 1. The molecular weight excluding hydrogens is 366 g/mol. The van der Waals surface area contributed by atoms with Gasteiger partial charge in [-0.05, 0) is 43.0 Å². The zero-order valence-corrected chi connectivity index (χ0v) is 17.0. The summed E-state index contributed by atoms with van der Waals surface area (Å²) in [5, 5.41) is 0. The van der Waals surface area contributed by atoms with Crippen molar-refractivity contribution >= 4 is 17.4 Å². The predicted molar refractivity (Wildman–Crippen MR) is 112 cm³/mol. The quantitative estimate of drug-likeness (QED) is 0.459. The third-order valence-corrected chi connectivity index (χ3v) is 5.05. The van der Waals surface area contributed by atoms with Gasteiger partial charge in [-0.3, -0.25) is 19.5 Å². The van der Waals surface area contributed by atoms with Gasteiger partial charge < -0.3 is 9.64 Å². The van der Waals surface area contributed by atoms with Crippen molar-refractivity contribution < 1.29 is 14.3 Å². The molecule has 1 aliphatic rings. The van der Waals surface area contributed by atoms with E-state index >= 15 is 0 Å². The highest BCUT2D eigenvalue weighted by Gasteiger charge is 2.40. The van der Waals surface area contributed by atoms with Gasteiger partial charge in [0, 0.05) is 45.7 Å². The van der Waals surface area contributed by atoms with Crippen LogP contribution in [0.4, 0.5) is 0 Å². The van der Waals surface area contributed by atoms with Gasteiger partial charge in [-0.25, -0.2) is 0 Å². The van der Waals surface area contributed by atoms with Crippen molar-refractivity contribution in [3.05, 3.63) is 71.7 Å². The van der Waals surface area contributed by atoms with E-state index in [1.165, 1.54) is 4.90 Å². The number of pyridine rings is 1. The summed E-state index contributed by atoms with van der Waals surface area (Å²) < 4.78 is 5.09. The van der Waals surface area contributed by atoms with E-state index in [-0.39, 0.29) is 11.8 Å². The number of hydrogen-bond donors (Lipinski definition) is 0. The lowest BCUT2D eigenvalue weighted by molar-refractivity contribution is -0.137. The SMILES string of the molecule is CCN(CCc1ccncc1)C1=C(c2ccccc2)C(=O)N(CCCOC)C1=O. The van der Waals surface area contributed by atoms with Gasteiger partial charge in [0.05, 0.1) is 5.57 Å². The van der Waals surface area contributed by atoms with Crippen LogP contribution in [0.3, 0.4) is 0 Å². The number of rotatable bonds is 10. The summed E-state index contributed by atoms with van der Waals surface area (Å²) >= 11 is 0. The summed E-state index contributed by atoms with van der Waals surface area (Å²) in [4.78, 5) is 33.9. The van der Waals surface area contributed by atoms with Crippen LogP contribution < -0.4 is 0 Å². The number of aromatic nitrogens is 1. The van der Waals surface area contributed by atoms with Crippen LogP contribution in [-0.4, -0.2) is 59.9 Å². The van der Waals surface area contributed by atoms with E-state index in [4.69, 9.17) is 4.74 Å². The summed E-state index contributed by atoms with van der Waals surface area (Å²) in [7, 11) is 1.62. The lowest BCUT2D eigenvalue weighted by Gasteiger charge is -2.25. The molecule has 0 fully saturated rings. The van der Waals surface area contributed by atoms with Gasteiger partial charge in [-0.2, -0.15) is 0 Å². The molecule has 0 aliphatic carbocycles. The van der Waals surface area contributed by atoms with Gasteiger partial charge in [-0.15, -0.1) is 0 Å². The maximum absolute atomic E-state index is 13.3. The second-order valence-corrected chi connectivity index (χ2v) is 6.88. The van der Waals surface area contributed by atoms with Crippen molar-refractivity contribution in [2.75, 3.05) is 33.4 Å². The van der Waals surface area contributed by atoms with Gasteiger partial charge in [-0.1, -0.05) is 30.3 Å². The smallest absolute Gasteiger partial charge is 0.277 e. The molecule has 0 radical (unpaired) electrons. The minimum Gasteiger partial charge on any atom is -0.385 e. The molecule has 0 saturated carbocycles. The number of amides is 2. The van der Waals surface area contributed by atoms with Crippen molar-refractivity contribution in [3.8, 4) is 0 Å². The largest absolute Gasteiger partial charge is 0.385 e. The molecule has 3 rings (SSSR count). The Kier molecular flexibility index (Phi) is 7.14. The fourth-order valence-electron chi connectivity index (χ4n) is 3.53. The molecule has 152 valence electrons. The molecule has 0 N–H and O–H groups in total. The summed E-state index contributed by atoms with van der Waals surface area (Å²) in [6, 6.07) is 13.4. The van der Waals surface area contributed by atoms with Gasteiger partial charge in [0.1, 0.15) is 5.70 Å². The van der Waals surface area contributed by atoms with E-state index in [1.807, 2.05) is 54.3 Å². The lowest BCUT2D eigenvalue weighted by Crippen LogP contribution is -2.36. The van der Waals surface area contributed by atoms with E-state index in [0.717, 1.165) is 17.5 Å². The summed E-state index contributed by atoms with van der Waals surface area (Å²) in [5.74, 6) is -0.448. The Bertz CT molecular complexity index is 865. The van der Waals surface area contributed by atoms with Crippen LogP contribution >= 0.6 is 0 Å². The number of nitrogens with zero attached hydrogens (tertiary/aromatic N) is 3. The maximum atomic E-state index is 13.3. The zero-order chi connectivity index (χ0) is 20.6. The monoisotopic (exact) mass is 393 g/mol. The van der Waals surface area contributed by atoms with Crippen molar-refractivity contribution in [2.24, 2.45) is 0 Å². The van der Waals surface area contributed by atoms with Gasteiger partial charge in [0.15, 0.2) is 0 Å². The van der Waals surface area contributed by atoms with Crippen molar-refractivity contribution in [1.82, 2.24) is 14.8 Å². The van der Waals surface area contributed by atoms with Gasteiger partial charge >= 0.3 is 0 Å². The Morgan fingerprint density at radius 1 is 1.03 bits per heavy atom. The topological polar surface area (TPSA) is 62.7 Å². The zero-order valence-electron chi connectivity index (χ0n) is 17.0. The Morgan fingerprint density at radius 2 is 1.76 bits per heavy atom. The maximum Gasteiger partial charge on any atom is 0.277 e. The molecule has 2 amide bonds. The van der Waals surface area contributed by atoms with Crippen LogP contribution in [0.2, 0.25) is 0 Å². The Hall–Kier alpha value is -2.99. The summed E-state index contributed by atoms with van der Waals surface area (Å²) in [5.41, 5.74) is 2.91. The van der Waals surface area contributed by atoms with E-state index in [9.17, 15) is 9.59 Å². The number of carbonyl (C=O) groups excluding carboxylic acids is 2. The lowest BCUT2D eigenvalue weighted by atomic mass is 10.0. The second-order valence-electron chi connectivity index (χ2n) is 6.88. The molecule has 0 spiro atoms. The summed E-state index contributed by atoms with van der Waals surface area (Å²) in [6.07, 6.45) is 4.92. The van der Waals surface area contributed by atoms with Crippen molar-refractivity contribution in [2.45, 2.75) is 19.8 Å². The molecule has 6 nitrogen and oxygen atoms in total. The molecule has 1 aromatic heterocycles. The molecule has 29 heavy (non-hydrogen) atoms. The fourth-order valence-corrected chi connectivity index (χ4v) is 3.53. The first-order valence-corrected chi connectivity index (χ1v) is 9.96. The van der Waals surface area contributed by atoms with Crippen LogP contribution in [0.1, 0.15) is 24.5 Å². The standard InChI is InChI=1S/C23H27N3O3/c1-3-25(16-12-18-10-13-24-14-11-18)21-20(19-8-5-4-6-9-19)22(27)26(23(21)28)15-7-17-29-2/h4-6,8-11,13-14H,3,7,12,15-17H2,1-2H3. The minimum atomic E-state index is -0.227. The van der Waals surface area contributed by atoms with Gasteiger partial charge in [0.25, 0.3) is 11.8 Å². The van der Waals surface area contributed by atoms with E-state index in [2.05, 4.69) is 4.98 Å². The number of carbonyl (C=O) groups is 2. The van der Waals surface area contributed by atoms with Crippen molar-refractivity contribution in [3.63, 3.8) is 0 Å². The highest BCUT2D eigenvalue weighted by Crippen LogP contribution is 2.31. The number of benzene rings is 1. The first kappa shape index (κ1) is 20.7. The van der Waals surface area contributed by atoms with Crippen LogP contribution in [0.25, 0.3) is 5.57 Å². The second kappa shape index (κ2) is 9.98. The highest BCUT2D eigenvalue weighted by atomic mass is 16.5. The molecule has 0 bridgehead atoms. The average molecular weight is 393 g/mol. The molecule has 6 heteroatoms. The highest BCUT2D eigenvalue weighted by molar-refractivity contribution is 6.35. The Morgan fingerprint density at radius 3 is 2.41 bits per heavy atom. The average Bonchev–Trinajstić information content (AvgIpc) is 3.00. The number of imide groups is 1. The minimum absolute atomic E-state index is 0.221. The molecule has 1 aliphatic heterocycles. The van der Waals surface area contributed by atoms with Crippen LogP contribution in [0.15, 0.2) is 60.6 Å². The third-order valence-electron chi connectivity index (χ3n) is 5.05. The number of methoxy groups -OCH3 is 1. The first-order valence-electron chi connectivity index (χ1n) is 9.96. The predicted octanol–water partition coefficient (Wildman–Crippen LogP) is 2.76. The molecular formula is C23H27N3O3. The molecule has 0 saturated heterocycles. The van der Waals surface area contributed by atoms with E-state index < -0.39 is 0 Å². The van der Waals surface area contributed by atoms with Crippen molar-refractivity contribution in [1.29, 1.82) is 0 Å². The Balaban J connectivity index is 1.91. The molecule has 2 heterocycles. The molecule has 0 unspecified atom stereocenters. The van der Waals surface area contributed by atoms with Crippen LogP contribution in [-0.2, 0) is 20.7 Å². The Labute approximate surface area is 171 Å².